The fourth-order valence-corrected chi connectivity index (χ4v) is 2.84. The molecule has 0 saturated carbocycles. The van der Waals surface area contributed by atoms with Gasteiger partial charge in [0.25, 0.3) is 0 Å². The Morgan fingerprint density at radius 2 is 1.29 bits per heavy atom. The third-order valence-electron chi connectivity index (χ3n) is 4.54. The van der Waals surface area contributed by atoms with Gasteiger partial charge < -0.3 is 5.11 Å². The molecule has 1 nitrogen and oxygen atoms in total. The SMILES string of the molecule is C#CC(C)(O)CCC[C@H](C)CCC[C@H](C)CCCC(C)C. The Labute approximate surface area is 133 Å². The van der Waals surface area contributed by atoms with Gasteiger partial charge in [-0.1, -0.05) is 78.6 Å². The predicted molar refractivity (Wildman–Crippen MR) is 94.2 cm³/mol. The average molecular weight is 295 g/mol. The molecule has 1 heteroatoms. The minimum absolute atomic E-state index is 0.722. The quantitative estimate of drug-likeness (QED) is 0.450. The second-order valence-corrected chi connectivity index (χ2v) is 7.78. The lowest BCUT2D eigenvalue weighted by atomic mass is 9.90. The smallest absolute Gasteiger partial charge is 0.122 e. The molecular formula is C20H38O. The number of hydrogen-bond donors (Lipinski definition) is 1. The van der Waals surface area contributed by atoms with Crippen molar-refractivity contribution >= 4 is 0 Å². The standard InChI is InChI=1S/C20H38O/c1-7-20(6,21)16-10-15-19(5)14-9-13-18(4)12-8-11-17(2)3/h1,17-19,21H,8-16H2,2-6H3/t18-,19-,20?/m1/s1. The first-order chi connectivity index (χ1) is 9.76. The fourth-order valence-electron chi connectivity index (χ4n) is 2.84. The number of rotatable bonds is 12. The number of aliphatic hydroxyl groups is 1. The van der Waals surface area contributed by atoms with E-state index in [1.54, 1.807) is 6.92 Å². The molecule has 0 aromatic carbocycles. The molecular weight excluding hydrogens is 256 g/mol. The summed E-state index contributed by atoms with van der Waals surface area (Å²) in [6.07, 6.45) is 16.4. The summed E-state index contributed by atoms with van der Waals surface area (Å²) < 4.78 is 0. The highest BCUT2D eigenvalue weighted by Gasteiger charge is 2.16. The van der Waals surface area contributed by atoms with Gasteiger partial charge in [-0.15, -0.1) is 6.42 Å². The molecule has 1 unspecified atom stereocenters. The van der Waals surface area contributed by atoms with Crippen LogP contribution in [-0.2, 0) is 0 Å². The molecule has 0 aromatic heterocycles. The van der Waals surface area contributed by atoms with Crippen molar-refractivity contribution in [2.24, 2.45) is 17.8 Å². The predicted octanol–water partition coefficient (Wildman–Crippen LogP) is 5.81. The van der Waals surface area contributed by atoms with Crippen molar-refractivity contribution in [3.05, 3.63) is 0 Å². The van der Waals surface area contributed by atoms with Gasteiger partial charge in [0, 0.05) is 0 Å². The van der Waals surface area contributed by atoms with Crippen LogP contribution in [0.2, 0.25) is 0 Å². The van der Waals surface area contributed by atoms with Crippen molar-refractivity contribution in [1.82, 2.24) is 0 Å². The highest BCUT2D eigenvalue weighted by atomic mass is 16.3. The van der Waals surface area contributed by atoms with Crippen LogP contribution in [-0.4, -0.2) is 10.7 Å². The summed E-state index contributed by atoms with van der Waals surface area (Å²) in [4.78, 5) is 0. The summed E-state index contributed by atoms with van der Waals surface area (Å²) in [7, 11) is 0. The molecule has 0 amide bonds. The van der Waals surface area contributed by atoms with Crippen LogP contribution in [0.5, 0.6) is 0 Å². The Kier molecular flexibility index (Phi) is 10.9. The van der Waals surface area contributed by atoms with Crippen molar-refractivity contribution in [2.75, 3.05) is 0 Å². The van der Waals surface area contributed by atoms with Gasteiger partial charge in [-0.2, -0.15) is 0 Å². The van der Waals surface area contributed by atoms with E-state index in [1.165, 1.54) is 44.9 Å². The molecule has 0 aliphatic carbocycles. The van der Waals surface area contributed by atoms with Crippen molar-refractivity contribution in [3.63, 3.8) is 0 Å². The van der Waals surface area contributed by atoms with Crippen molar-refractivity contribution < 1.29 is 5.11 Å². The van der Waals surface area contributed by atoms with Gasteiger partial charge in [-0.05, 0) is 37.5 Å². The van der Waals surface area contributed by atoms with Crippen molar-refractivity contribution in [3.8, 4) is 12.3 Å². The summed E-state index contributed by atoms with van der Waals surface area (Å²) >= 11 is 0. The summed E-state index contributed by atoms with van der Waals surface area (Å²) in [5.74, 6) is 4.93. The van der Waals surface area contributed by atoms with Gasteiger partial charge >= 0.3 is 0 Å². The number of terminal acetylenes is 1. The van der Waals surface area contributed by atoms with Crippen molar-refractivity contribution in [1.29, 1.82) is 0 Å². The normalized spacial score (nSPS) is 17.2. The first-order valence-corrected chi connectivity index (χ1v) is 8.97. The largest absolute Gasteiger partial charge is 0.378 e. The lowest BCUT2D eigenvalue weighted by molar-refractivity contribution is 0.107. The maximum absolute atomic E-state index is 9.77. The van der Waals surface area contributed by atoms with Crippen LogP contribution in [0.25, 0.3) is 0 Å². The average Bonchev–Trinajstić information content (AvgIpc) is 2.38. The Morgan fingerprint density at radius 3 is 1.71 bits per heavy atom. The Morgan fingerprint density at radius 1 is 0.857 bits per heavy atom. The van der Waals surface area contributed by atoms with E-state index >= 15 is 0 Å². The summed E-state index contributed by atoms with van der Waals surface area (Å²) in [6, 6.07) is 0. The molecule has 0 spiro atoms. The van der Waals surface area contributed by atoms with E-state index in [0.29, 0.717) is 0 Å². The Hall–Kier alpha value is -0.480. The molecule has 124 valence electrons. The van der Waals surface area contributed by atoms with Gasteiger partial charge in [0.15, 0.2) is 0 Å². The van der Waals surface area contributed by atoms with Crippen LogP contribution in [0.4, 0.5) is 0 Å². The lowest BCUT2D eigenvalue weighted by Crippen LogP contribution is -2.20. The van der Waals surface area contributed by atoms with E-state index in [2.05, 4.69) is 33.6 Å². The van der Waals surface area contributed by atoms with Gasteiger partial charge in [0.1, 0.15) is 5.60 Å². The van der Waals surface area contributed by atoms with E-state index in [9.17, 15) is 5.11 Å². The van der Waals surface area contributed by atoms with Crippen LogP contribution < -0.4 is 0 Å². The lowest BCUT2D eigenvalue weighted by Gasteiger charge is -2.18. The van der Waals surface area contributed by atoms with Crippen LogP contribution in [0.1, 0.15) is 92.4 Å². The topological polar surface area (TPSA) is 20.2 Å². The molecule has 21 heavy (non-hydrogen) atoms. The van der Waals surface area contributed by atoms with Crippen LogP contribution >= 0.6 is 0 Å². The summed E-state index contributed by atoms with van der Waals surface area (Å²) in [5, 5.41) is 9.77. The highest BCUT2D eigenvalue weighted by molar-refractivity contribution is 5.03. The molecule has 0 rings (SSSR count). The molecule has 0 bridgehead atoms. The summed E-state index contributed by atoms with van der Waals surface area (Å²) in [6.45, 7) is 11.1. The molecule has 0 aromatic rings. The van der Waals surface area contributed by atoms with Crippen LogP contribution in [0.3, 0.4) is 0 Å². The molecule has 0 aliphatic rings. The van der Waals surface area contributed by atoms with E-state index in [4.69, 9.17) is 6.42 Å². The number of hydrogen-bond acceptors (Lipinski definition) is 1. The summed E-state index contributed by atoms with van der Waals surface area (Å²) in [5.41, 5.74) is -0.912. The minimum atomic E-state index is -0.912. The van der Waals surface area contributed by atoms with E-state index in [1.807, 2.05) is 0 Å². The highest BCUT2D eigenvalue weighted by Crippen LogP contribution is 2.22. The Bertz CT molecular complexity index is 285. The first kappa shape index (κ1) is 20.5. The van der Waals surface area contributed by atoms with E-state index in [-0.39, 0.29) is 0 Å². The third-order valence-corrected chi connectivity index (χ3v) is 4.54. The van der Waals surface area contributed by atoms with E-state index < -0.39 is 5.60 Å². The monoisotopic (exact) mass is 294 g/mol. The molecule has 0 saturated heterocycles. The molecule has 1 N–H and O–H groups in total. The second-order valence-electron chi connectivity index (χ2n) is 7.78. The maximum atomic E-state index is 9.77. The Balaban J connectivity index is 3.57. The fraction of sp³-hybridized carbons (Fsp3) is 0.900. The third kappa shape index (κ3) is 12.9. The molecule has 0 aliphatic heterocycles. The second kappa shape index (κ2) is 11.1. The molecule has 0 fully saturated rings. The van der Waals surface area contributed by atoms with Gasteiger partial charge in [0.2, 0.25) is 0 Å². The van der Waals surface area contributed by atoms with Crippen molar-refractivity contribution in [2.45, 2.75) is 98.0 Å². The minimum Gasteiger partial charge on any atom is -0.378 e. The molecule has 0 radical (unpaired) electrons. The van der Waals surface area contributed by atoms with Gasteiger partial charge in [0.05, 0.1) is 0 Å². The van der Waals surface area contributed by atoms with Crippen LogP contribution in [0.15, 0.2) is 0 Å². The van der Waals surface area contributed by atoms with Gasteiger partial charge in [-0.3, -0.25) is 0 Å². The molecule has 3 atom stereocenters. The molecule has 0 heterocycles. The zero-order chi connectivity index (χ0) is 16.3. The van der Waals surface area contributed by atoms with Crippen LogP contribution in [0, 0.1) is 30.1 Å². The zero-order valence-electron chi connectivity index (χ0n) is 15.1. The zero-order valence-corrected chi connectivity index (χ0v) is 15.1. The van der Waals surface area contributed by atoms with Gasteiger partial charge in [-0.25, -0.2) is 0 Å². The first-order valence-electron chi connectivity index (χ1n) is 8.97. The maximum Gasteiger partial charge on any atom is 0.122 e. The van der Waals surface area contributed by atoms with E-state index in [0.717, 1.165) is 30.6 Å².